The molecule has 192 valence electrons. The van der Waals surface area contributed by atoms with Crippen molar-refractivity contribution < 1.29 is 27.5 Å². The van der Waals surface area contributed by atoms with E-state index in [2.05, 4.69) is 11.4 Å². The fourth-order valence-electron chi connectivity index (χ4n) is 4.55. The Kier molecular flexibility index (Phi) is 6.72. The van der Waals surface area contributed by atoms with Gasteiger partial charge in [-0.15, -0.1) is 0 Å². The van der Waals surface area contributed by atoms with Gasteiger partial charge in [0.2, 0.25) is 0 Å². The number of allylic oxidation sites excluding steroid dienone is 1. The second-order valence-electron chi connectivity index (χ2n) is 9.11. The van der Waals surface area contributed by atoms with Crippen LogP contribution in [0.25, 0.3) is 22.6 Å². The maximum absolute atomic E-state index is 13.3. The zero-order valence-corrected chi connectivity index (χ0v) is 20.4. The third-order valence-corrected chi connectivity index (χ3v) is 6.37. The van der Waals surface area contributed by atoms with E-state index < -0.39 is 30.2 Å². The lowest BCUT2D eigenvalue weighted by molar-refractivity contribution is -0.137. The third-order valence-electron chi connectivity index (χ3n) is 6.37. The van der Waals surface area contributed by atoms with Crippen molar-refractivity contribution in [3.8, 4) is 0 Å². The van der Waals surface area contributed by atoms with E-state index in [0.717, 1.165) is 40.1 Å². The van der Waals surface area contributed by atoms with Crippen LogP contribution in [0.2, 0.25) is 0 Å². The highest BCUT2D eigenvalue weighted by Crippen LogP contribution is 2.38. The molecular formula is C30H23F3N2O3. The number of nitrogens with zero attached hydrogens (tertiary/aromatic N) is 1. The monoisotopic (exact) mass is 516 g/mol. The van der Waals surface area contributed by atoms with E-state index in [1.807, 2.05) is 43.3 Å². The first-order valence-electron chi connectivity index (χ1n) is 12.0. The minimum atomic E-state index is -4.54. The summed E-state index contributed by atoms with van der Waals surface area (Å²) in [5.74, 6) is -1.43. The molecule has 0 aliphatic heterocycles. The fourth-order valence-corrected chi connectivity index (χ4v) is 4.55. The Hall–Kier alpha value is -4.46. The summed E-state index contributed by atoms with van der Waals surface area (Å²) < 4.78 is 44.2. The standard InChI is InChI=1S/C30H23F3N2O3/c1-18-9-11-19(12-10-18)15-20-13-14-24-27(23-7-2-3-8-25(23)35-28(20)24)29(37)38-17-26(36)34-22-6-4-5-21(16-22)30(31,32)33/h2-12,15-16H,13-14,17H2,1H3,(H,34,36). The van der Waals surface area contributed by atoms with Crippen LogP contribution in [0.1, 0.15) is 44.7 Å². The number of carbonyl (C=O) groups excluding carboxylic acids is 2. The summed E-state index contributed by atoms with van der Waals surface area (Å²) in [7, 11) is 0. The Morgan fingerprint density at radius 1 is 1.00 bits per heavy atom. The minimum absolute atomic E-state index is 0.0398. The minimum Gasteiger partial charge on any atom is -0.452 e. The molecule has 4 aromatic rings. The van der Waals surface area contributed by atoms with Gasteiger partial charge in [-0.3, -0.25) is 4.79 Å². The summed E-state index contributed by atoms with van der Waals surface area (Å²) in [6.07, 6.45) is -1.19. The number of fused-ring (bicyclic) bond motifs is 2. The first kappa shape index (κ1) is 25.2. The average molecular weight is 517 g/mol. The number of hydrogen-bond acceptors (Lipinski definition) is 4. The topological polar surface area (TPSA) is 68.3 Å². The molecule has 0 saturated heterocycles. The van der Waals surface area contributed by atoms with Gasteiger partial charge in [0.15, 0.2) is 6.61 Å². The van der Waals surface area contributed by atoms with Crippen LogP contribution in [-0.4, -0.2) is 23.5 Å². The lowest BCUT2D eigenvalue weighted by Crippen LogP contribution is -2.22. The largest absolute Gasteiger partial charge is 0.452 e. The molecule has 1 heterocycles. The molecule has 3 aromatic carbocycles. The second-order valence-corrected chi connectivity index (χ2v) is 9.11. The first-order chi connectivity index (χ1) is 18.2. The Bertz CT molecular complexity index is 1570. The number of nitrogens with one attached hydrogen (secondary N) is 1. The van der Waals surface area contributed by atoms with Gasteiger partial charge in [0.05, 0.1) is 22.3 Å². The maximum Gasteiger partial charge on any atom is 0.416 e. The van der Waals surface area contributed by atoms with Gasteiger partial charge < -0.3 is 10.1 Å². The van der Waals surface area contributed by atoms with Gasteiger partial charge in [-0.05, 0) is 66.8 Å². The summed E-state index contributed by atoms with van der Waals surface area (Å²) in [6.45, 7) is 1.37. The van der Waals surface area contributed by atoms with E-state index >= 15 is 0 Å². The lowest BCUT2D eigenvalue weighted by Gasteiger charge is -2.13. The Labute approximate surface area is 217 Å². The van der Waals surface area contributed by atoms with Crippen LogP contribution >= 0.6 is 0 Å². The number of pyridine rings is 1. The molecule has 0 saturated carbocycles. The van der Waals surface area contributed by atoms with Crippen molar-refractivity contribution in [3.05, 3.63) is 106 Å². The average Bonchev–Trinajstić information content (AvgIpc) is 3.28. The lowest BCUT2D eigenvalue weighted by atomic mass is 10.0. The number of para-hydroxylation sites is 1. The van der Waals surface area contributed by atoms with E-state index in [4.69, 9.17) is 9.72 Å². The van der Waals surface area contributed by atoms with Crippen molar-refractivity contribution in [1.29, 1.82) is 0 Å². The number of esters is 1. The molecule has 1 aromatic heterocycles. The van der Waals surface area contributed by atoms with Crippen molar-refractivity contribution in [1.82, 2.24) is 4.98 Å². The van der Waals surface area contributed by atoms with Crippen molar-refractivity contribution in [3.63, 3.8) is 0 Å². The molecule has 0 unspecified atom stereocenters. The number of carbonyl (C=O) groups is 2. The van der Waals surface area contributed by atoms with Crippen molar-refractivity contribution in [2.75, 3.05) is 11.9 Å². The predicted molar refractivity (Wildman–Crippen MR) is 139 cm³/mol. The Balaban J connectivity index is 1.39. The molecule has 5 rings (SSSR count). The number of halogens is 3. The molecule has 0 bridgehead atoms. The fraction of sp³-hybridized carbons (Fsp3) is 0.167. The number of ether oxygens (including phenoxy) is 1. The van der Waals surface area contributed by atoms with Crippen LogP contribution in [0.4, 0.5) is 18.9 Å². The molecule has 1 N–H and O–H groups in total. The van der Waals surface area contributed by atoms with E-state index in [0.29, 0.717) is 29.3 Å². The van der Waals surface area contributed by atoms with E-state index in [1.54, 1.807) is 12.1 Å². The van der Waals surface area contributed by atoms with Gasteiger partial charge in [0.25, 0.3) is 5.91 Å². The molecule has 0 radical (unpaired) electrons. The summed E-state index contributed by atoms with van der Waals surface area (Å²) in [6, 6.07) is 19.6. The highest BCUT2D eigenvalue weighted by molar-refractivity contribution is 6.08. The normalized spacial score (nSPS) is 13.9. The van der Waals surface area contributed by atoms with E-state index in [-0.39, 0.29) is 5.69 Å². The number of benzene rings is 3. The Morgan fingerprint density at radius 3 is 2.53 bits per heavy atom. The Morgan fingerprint density at radius 2 is 1.76 bits per heavy atom. The van der Waals surface area contributed by atoms with Crippen LogP contribution in [0.5, 0.6) is 0 Å². The highest BCUT2D eigenvalue weighted by Gasteiger charge is 2.31. The number of anilines is 1. The van der Waals surface area contributed by atoms with Crippen LogP contribution in [-0.2, 0) is 22.1 Å². The number of alkyl halides is 3. The SMILES string of the molecule is Cc1ccc(C=C2CCc3c2nc2ccccc2c3C(=O)OCC(=O)Nc2cccc(C(F)(F)F)c2)cc1. The van der Waals surface area contributed by atoms with Crippen LogP contribution in [0.3, 0.4) is 0 Å². The smallest absolute Gasteiger partial charge is 0.416 e. The second kappa shape index (κ2) is 10.1. The van der Waals surface area contributed by atoms with Gasteiger partial charge in [-0.2, -0.15) is 13.2 Å². The van der Waals surface area contributed by atoms with Crippen LogP contribution < -0.4 is 5.32 Å². The number of rotatable bonds is 5. The molecule has 1 aliphatic carbocycles. The van der Waals surface area contributed by atoms with Crippen molar-refractivity contribution in [2.24, 2.45) is 0 Å². The van der Waals surface area contributed by atoms with Gasteiger partial charge in [-0.1, -0.05) is 54.1 Å². The molecule has 0 spiro atoms. The first-order valence-corrected chi connectivity index (χ1v) is 12.0. The van der Waals surface area contributed by atoms with Gasteiger partial charge in [-0.25, -0.2) is 9.78 Å². The molecule has 1 aliphatic rings. The zero-order valence-electron chi connectivity index (χ0n) is 20.4. The van der Waals surface area contributed by atoms with Crippen molar-refractivity contribution in [2.45, 2.75) is 25.9 Å². The number of amides is 1. The molecule has 38 heavy (non-hydrogen) atoms. The number of hydrogen-bond donors (Lipinski definition) is 1. The van der Waals surface area contributed by atoms with E-state index in [9.17, 15) is 22.8 Å². The van der Waals surface area contributed by atoms with Gasteiger partial charge in [0, 0.05) is 11.1 Å². The van der Waals surface area contributed by atoms with Gasteiger partial charge >= 0.3 is 12.1 Å². The summed E-state index contributed by atoms with van der Waals surface area (Å²) in [5.41, 5.74) is 4.73. The molecule has 1 amide bonds. The summed E-state index contributed by atoms with van der Waals surface area (Å²) >= 11 is 0. The van der Waals surface area contributed by atoms with E-state index in [1.165, 1.54) is 12.1 Å². The van der Waals surface area contributed by atoms with Crippen molar-refractivity contribution >= 4 is 40.1 Å². The predicted octanol–water partition coefficient (Wildman–Crippen LogP) is 6.84. The zero-order chi connectivity index (χ0) is 26.9. The molecular weight excluding hydrogens is 493 g/mol. The maximum atomic E-state index is 13.3. The summed E-state index contributed by atoms with van der Waals surface area (Å²) in [4.78, 5) is 30.5. The quantitative estimate of drug-likeness (QED) is 0.295. The molecule has 0 atom stereocenters. The number of aryl methyl sites for hydroxylation is 1. The van der Waals surface area contributed by atoms with Gasteiger partial charge in [0.1, 0.15) is 0 Å². The number of aromatic nitrogens is 1. The molecule has 5 nitrogen and oxygen atoms in total. The van der Waals surface area contributed by atoms with Crippen LogP contribution in [0.15, 0.2) is 72.8 Å². The molecule has 0 fully saturated rings. The highest BCUT2D eigenvalue weighted by atomic mass is 19.4. The summed E-state index contributed by atoms with van der Waals surface area (Å²) in [5, 5.41) is 2.97. The molecule has 8 heteroatoms. The van der Waals surface area contributed by atoms with Crippen LogP contribution in [0, 0.1) is 6.92 Å². The third kappa shape index (κ3) is 5.29.